The van der Waals surface area contributed by atoms with Gasteiger partial charge < -0.3 is 0 Å². The van der Waals surface area contributed by atoms with Crippen LogP contribution >= 0.6 is 0 Å². The molecule has 78 valence electrons. The van der Waals surface area contributed by atoms with Gasteiger partial charge >= 0.3 is 0 Å². The van der Waals surface area contributed by atoms with E-state index in [0.717, 1.165) is 25.9 Å². The van der Waals surface area contributed by atoms with Gasteiger partial charge in [-0.1, -0.05) is 24.3 Å². The van der Waals surface area contributed by atoms with Crippen LogP contribution in [-0.4, -0.2) is 17.2 Å². The van der Waals surface area contributed by atoms with Gasteiger partial charge in [-0.15, -0.1) is 0 Å². The zero-order valence-corrected chi connectivity index (χ0v) is 8.78. The van der Waals surface area contributed by atoms with Gasteiger partial charge in [0.1, 0.15) is 5.78 Å². The average Bonchev–Trinajstić information content (AvgIpc) is 2.99. The van der Waals surface area contributed by atoms with Crippen LogP contribution in [0.1, 0.15) is 24.0 Å². The van der Waals surface area contributed by atoms with Crippen LogP contribution < -0.4 is 0 Å². The molecule has 15 heavy (non-hydrogen) atoms. The van der Waals surface area contributed by atoms with Crippen LogP contribution in [0.25, 0.3) is 0 Å². The lowest BCUT2D eigenvalue weighted by molar-refractivity contribution is -0.121. The number of nitrogens with zero attached hydrogens (tertiary/aromatic N) is 1. The van der Waals surface area contributed by atoms with Crippen molar-refractivity contribution < 1.29 is 4.79 Å². The molecule has 0 amide bonds. The van der Waals surface area contributed by atoms with Crippen LogP contribution in [0.4, 0.5) is 0 Å². The molecule has 1 aromatic rings. The number of carbonyl (C=O) groups excluding carboxylic acids is 1. The molecule has 0 radical (unpaired) electrons. The number of rotatable bonds is 3. The fraction of sp³-hybridized carbons (Fsp3) is 0.462. The van der Waals surface area contributed by atoms with Gasteiger partial charge in [-0.2, -0.15) is 0 Å². The highest BCUT2D eigenvalue weighted by molar-refractivity contribution is 5.85. The van der Waals surface area contributed by atoms with Crippen LogP contribution in [0, 0.1) is 5.92 Å². The van der Waals surface area contributed by atoms with Crippen molar-refractivity contribution in [2.75, 3.05) is 6.54 Å². The molecular weight excluding hydrogens is 186 g/mol. The minimum Gasteiger partial charge on any atom is -0.298 e. The van der Waals surface area contributed by atoms with Crippen molar-refractivity contribution in [1.29, 1.82) is 0 Å². The Morgan fingerprint density at radius 3 is 2.33 bits per heavy atom. The maximum absolute atomic E-state index is 11.7. The molecule has 2 heteroatoms. The maximum Gasteiger partial charge on any atom is 0.149 e. The summed E-state index contributed by atoms with van der Waals surface area (Å²) < 4.78 is 0. The summed E-state index contributed by atoms with van der Waals surface area (Å²) in [7, 11) is 0. The molecule has 3 rings (SSSR count). The first-order valence-corrected chi connectivity index (χ1v) is 5.65. The lowest BCUT2D eigenvalue weighted by atomic mass is 10.1. The van der Waals surface area contributed by atoms with Crippen molar-refractivity contribution in [1.82, 2.24) is 4.90 Å². The molecule has 1 aliphatic heterocycles. The molecular formula is C13H15NO. The standard InChI is InChI=1S/C13H15NO/c15-13(10-5-6-10)9-14-7-11-3-1-2-4-12(11)8-14/h1-4,10H,5-9H2. The van der Waals surface area contributed by atoms with Gasteiger partial charge in [0.05, 0.1) is 6.54 Å². The number of ketones is 1. The summed E-state index contributed by atoms with van der Waals surface area (Å²) in [4.78, 5) is 13.9. The third-order valence-electron chi connectivity index (χ3n) is 3.32. The Bertz CT molecular complexity index is 370. The number of benzene rings is 1. The SMILES string of the molecule is O=C(CN1Cc2ccccc2C1)C1CC1. The summed E-state index contributed by atoms with van der Waals surface area (Å²) in [5.41, 5.74) is 2.78. The first-order valence-electron chi connectivity index (χ1n) is 5.65. The lowest BCUT2D eigenvalue weighted by Gasteiger charge is -2.12. The van der Waals surface area contributed by atoms with Gasteiger partial charge in [-0.05, 0) is 24.0 Å². The van der Waals surface area contributed by atoms with Crippen molar-refractivity contribution in [3.05, 3.63) is 35.4 Å². The number of hydrogen-bond acceptors (Lipinski definition) is 2. The third-order valence-corrected chi connectivity index (χ3v) is 3.32. The largest absolute Gasteiger partial charge is 0.298 e. The van der Waals surface area contributed by atoms with E-state index < -0.39 is 0 Å². The summed E-state index contributed by atoms with van der Waals surface area (Å²) in [5, 5.41) is 0. The molecule has 1 saturated carbocycles. The van der Waals surface area contributed by atoms with Crippen LogP contribution in [0.2, 0.25) is 0 Å². The van der Waals surface area contributed by atoms with E-state index in [1.165, 1.54) is 11.1 Å². The van der Waals surface area contributed by atoms with Crippen LogP contribution in [-0.2, 0) is 17.9 Å². The number of carbonyl (C=O) groups is 1. The minimum atomic E-state index is 0.397. The zero-order chi connectivity index (χ0) is 10.3. The van der Waals surface area contributed by atoms with Crippen LogP contribution in [0.15, 0.2) is 24.3 Å². The smallest absolute Gasteiger partial charge is 0.149 e. The van der Waals surface area contributed by atoms with Gasteiger partial charge in [0.15, 0.2) is 0 Å². The Balaban J connectivity index is 1.65. The second-order valence-electron chi connectivity index (χ2n) is 4.65. The summed E-state index contributed by atoms with van der Waals surface area (Å²) in [6.45, 7) is 2.56. The molecule has 1 fully saturated rings. The summed E-state index contributed by atoms with van der Waals surface area (Å²) in [6, 6.07) is 8.48. The first kappa shape index (κ1) is 9.10. The van der Waals surface area contributed by atoms with Crippen molar-refractivity contribution in [3.8, 4) is 0 Å². The third kappa shape index (κ3) is 1.82. The van der Waals surface area contributed by atoms with E-state index in [1.807, 2.05) is 0 Å². The highest BCUT2D eigenvalue weighted by Gasteiger charge is 2.31. The second-order valence-corrected chi connectivity index (χ2v) is 4.65. The Morgan fingerprint density at radius 2 is 1.80 bits per heavy atom. The lowest BCUT2D eigenvalue weighted by Crippen LogP contribution is -2.25. The highest BCUT2D eigenvalue weighted by Crippen LogP contribution is 2.31. The summed E-state index contributed by atoms with van der Waals surface area (Å²) >= 11 is 0. The van der Waals surface area contributed by atoms with Crippen molar-refractivity contribution in [2.24, 2.45) is 5.92 Å². The van der Waals surface area contributed by atoms with Crippen molar-refractivity contribution >= 4 is 5.78 Å². The van der Waals surface area contributed by atoms with Gasteiger partial charge in [0.2, 0.25) is 0 Å². The molecule has 0 bridgehead atoms. The van der Waals surface area contributed by atoms with Gasteiger partial charge in [-0.3, -0.25) is 9.69 Å². The average molecular weight is 201 g/mol. The molecule has 0 spiro atoms. The molecule has 1 aromatic carbocycles. The fourth-order valence-corrected chi connectivity index (χ4v) is 2.27. The van der Waals surface area contributed by atoms with E-state index in [-0.39, 0.29) is 0 Å². The monoisotopic (exact) mass is 201 g/mol. The topological polar surface area (TPSA) is 20.3 Å². The predicted octanol–water partition coefficient (Wildman–Crippen LogP) is 1.98. The summed E-state index contributed by atoms with van der Waals surface area (Å²) in [5.74, 6) is 0.844. The Labute approximate surface area is 89.9 Å². The van der Waals surface area contributed by atoms with E-state index in [2.05, 4.69) is 29.2 Å². The van der Waals surface area contributed by atoms with Crippen LogP contribution in [0.3, 0.4) is 0 Å². The summed E-state index contributed by atoms with van der Waals surface area (Å²) in [6.07, 6.45) is 2.25. The normalized spacial score (nSPS) is 20.3. The van der Waals surface area contributed by atoms with Crippen molar-refractivity contribution in [2.45, 2.75) is 25.9 Å². The van der Waals surface area contributed by atoms with Crippen molar-refractivity contribution in [3.63, 3.8) is 0 Å². The van der Waals surface area contributed by atoms with Crippen LogP contribution in [0.5, 0.6) is 0 Å². The number of Topliss-reactive ketones (excluding diaryl/α,β-unsaturated/α-hetero) is 1. The van der Waals surface area contributed by atoms with Gasteiger partial charge in [0.25, 0.3) is 0 Å². The molecule has 2 aliphatic rings. The maximum atomic E-state index is 11.7. The second kappa shape index (κ2) is 3.46. The van der Waals surface area contributed by atoms with E-state index in [0.29, 0.717) is 18.2 Å². The first-order chi connectivity index (χ1) is 7.33. The molecule has 0 unspecified atom stereocenters. The molecule has 2 nitrogen and oxygen atoms in total. The molecule has 0 atom stereocenters. The molecule has 1 heterocycles. The molecule has 0 aromatic heterocycles. The Morgan fingerprint density at radius 1 is 1.20 bits per heavy atom. The molecule has 0 saturated heterocycles. The fourth-order valence-electron chi connectivity index (χ4n) is 2.27. The van der Waals surface area contributed by atoms with Gasteiger partial charge in [0, 0.05) is 19.0 Å². The molecule has 0 N–H and O–H groups in total. The van der Waals surface area contributed by atoms with Gasteiger partial charge in [-0.25, -0.2) is 0 Å². The number of fused-ring (bicyclic) bond motifs is 1. The van der Waals surface area contributed by atoms with E-state index in [1.54, 1.807) is 0 Å². The minimum absolute atomic E-state index is 0.397. The zero-order valence-electron chi connectivity index (χ0n) is 8.78. The Kier molecular flexibility index (Phi) is 2.10. The number of hydrogen-bond donors (Lipinski definition) is 0. The van der Waals surface area contributed by atoms with E-state index in [4.69, 9.17) is 0 Å². The highest BCUT2D eigenvalue weighted by atomic mass is 16.1. The quantitative estimate of drug-likeness (QED) is 0.745. The predicted molar refractivity (Wildman–Crippen MR) is 58.3 cm³/mol. The van der Waals surface area contributed by atoms with E-state index in [9.17, 15) is 4.79 Å². The Hall–Kier alpha value is -1.15. The molecule has 1 aliphatic carbocycles. The van der Waals surface area contributed by atoms with E-state index >= 15 is 0 Å².